The third-order valence-electron chi connectivity index (χ3n) is 2.69. The number of anilines is 1. The zero-order valence-corrected chi connectivity index (χ0v) is 9.41. The summed E-state index contributed by atoms with van der Waals surface area (Å²) in [7, 11) is 0. The third-order valence-corrected chi connectivity index (χ3v) is 2.69. The fourth-order valence-electron chi connectivity index (χ4n) is 1.84. The molecule has 0 saturated heterocycles. The lowest BCUT2D eigenvalue weighted by molar-refractivity contribution is 0.978. The van der Waals surface area contributed by atoms with Gasteiger partial charge in [-0.1, -0.05) is 0 Å². The van der Waals surface area contributed by atoms with E-state index in [1.165, 1.54) is 0 Å². The molecule has 0 fully saturated rings. The summed E-state index contributed by atoms with van der Waals surface area (Å²) in [6.45, 7) is 0. The van der Waals surface area contributed by atoms with Gasteiger partial charge in [-0.05, 0) is 30.3 Å². The number of nitrogens with zero attached hydrogens (tertiary/aromatic N) is 4. The van der Waals surface area contributed by atoms with Gasteiger partial charge >= 0.3 is 0 Å². The van der Waals surface area contributed by atoms with Crippen molar-refractivity contribution in [2.45, 2.75) is 0 Å². The van der Waals surface area contributed by atoms with E-state index in [0.29, 0.717) is 17.3 Å². The summed E-state index contributed by atoms with van der Waals surface area (Å²) < 4.78 is 1.65. The van der Waals surface area contributed by atoms with E-state index in [0.717, 1.165) is 10.9 Å². The van der Waals surface area contributed by atoms with Crippen LogP contribution < -0.4 is 5.73 Å². The van der Waals surface area contributed by atoms with Crippen LogP contribution in [0.25, 0.3) is 16.7 Å². The molecule has 0 radical (unpaired) electrons. The standard InChI is InChI=1S/C13H9N5/c14-8-13-16-5-6-18(13)12-4-1-9-7-10(15)2-3-11(9)17-12/h1-7H,15H2. The van der Waals surface area contributed by atoms with E-state index in [2.05, 4.69) is 9.97 Å². The van der Waals surface area contributed by atoms with Crippen LogP contribution in [0, 0.1) is 11.3 Å². The largest absolute Gasteiger partial charge is 0.399 e. The maximum absolute atomic E-state index is 8.94. The molecule has 0 saturated carbocycles. The van der Waals surface area contributed by atoms with Crippen molar-refractivity contribution in [1.29, 1.82) is 5.26 Å². The fraction of sp³-hybridized carbons (Fsp3) is 0. The van der Waals surface area contributed by atoms with Gasteiger partial charge in [0.2, 0.25) is 5.82 Å². The number of hydrogen-bond acceptors (Lipinski definition) is 4. The van der Waals surface area contributed by atoms with Crippen LogP contribution in [0.15, 0.2) is 42.7 Å². The normalized spacial score (nSPS) is 10.4. The number of nitrogen functional groups attached to an aromatic ring is 1. The average Bonchev–Trinajstić information content (AvgIpc) is 2.86. The van der Waals surface area contributed by atoms with Crippen LogP contribution >= 0.6 is 0 Å². The Morgan fingerprint density at radius 2 is 2.11 bits per heavy atom. The Hall–Kier alpha value is -2.87. The minimum atomic E-state index is 0.317. The lowest BCUT2D eigenvalue weighted by Gasteiger charge is -2.05. The van der Waals surface area contributed by atoms with Gasteiger partial charge in [0.25, 0.3) is 0 Å². The van der Waals surface area contributed by atoms with Crippen LogP contribution in [0.1, 0.15) is 5.82 Å². The number of pyridine rings is 1. The first-order valence-electron chi connectivity index (χ1n) is 5.38. The maximum atomic E-state index is 8.94. The van der Waals surface area contributed by atoms with E-state index in [1.807, 2.05) is 30.3 Å². The molecule has 2 N–H and O–H groups in total. The minimum Gasteiger partial charge on any atom is -0.399 e. The topological polar surface area (TPSA) is 80.5 Å². The lowest BCUT2D eigenvalue weighted by Crippen LogP contribution is -1.99. The molecule has 3 aromatic rings. The second kappa shape index (κ2) is 3.86. The van der Waals surface area contributed by atoms with Crippen LogP contribution in [0.3, 0.4) is 0 Å². The molecule has 5 heteroatoms. The molecule has 3 rings (SSSR count). The summed E-state index contributed by atoms with van der Waals surface area (Å²) in [5, 5.41) is 9.91. The first-order valence-corrected chi connectivity index (χ1v) is 5.38. The number of aromatic nitrogens is 3. The van der Waals surface area contributed by atoms with Gasteiger partial charge in [0.05, 0.1) is 5.52 Å². The number of imidazole rings is 1. The number of rotatable bonds is 1. The van der Waals surface area contributed by atoms with Crippen molar-refractivity contribution in [2.24, 2.45) is 0 Å². The molecular weight excluding hydrogens is 226 g/mol. The van der Waals surface area contributed by atoms with Gasteiger partial charge < -0.3 is 5.73 Å². The molecule has 0 aliphatic heterocycles. The van der Waals surface area contributed by atoms with Crippen LogP contribution in [-0.4, -0.2) is 14.5 Å². The van der Waals surface area contributed by atoms with Crippen molar-refractivity contribution < 1.29 is 0 Å². The zero-order valence-electron chi connectivity index (χ0n) is 9.41. The molecule has 18 heavy (non-hydrogen) atoms. The SMILES string of the molecule is N#Cc1nccn1-c1ccc2cc(N)ccc2n1. The Labute approximate surface area is 103 Å². The second-order valence-corrected chi connectivity index (χ2v) is 3.85. The van der Waals surface area contributed by atoms with Crippen molar-refractivity contribution in [1.82, 2.24) is 14.5 Å². The van der Waals surface area contributed by atoms with Gasteiger partial charge in [0.1, 0.15) is 11.9 Å². The van der Waals surface area contributed by atoms with Crippen LogP contribution in [0.4, 0.5) is 5.69 Å². The molecule has 1 aromatic carbocycles. The van der Waals surface area contributed by atoms with Gasteiger partial charge in [-0.25, -0.2) is 9.97 Å². The van der Waals surface area contributed by atoms with Gasteiger partial charge in [-0.2, -0.15) is 5.26 Å². The smallest absolute Gasteiger partial charge is 0.218 e. The second-order valence-electron chi connectivity index (χ2n) is 3.85. The highest BCUT2D eigenvalue weighted by molar-refractivity contribution is 5.82. The summed E-state index contributed by atoms with van der Waals surface area (Å²) in [6.07, 6.45) is 3.29. The quantitative estimate of drug-likeness (QED) is 0.653. The summed E-state index contributed by atoms with van der Waals surface area (Å²) in [5.74, 6) is 0.985. The van der Waals surface area contributed by atoms with Gasteiger partial charge in [0.15, 0.2) is 0 Å². The molecule has 0 unspecified atom stereocenters. The highest BCUT2D eigenvalue weighted by atomic mass is 15.1. The predicted molar refractivity (Wildman–Crippen MR) is 68.0 cm³/mol. The van der Waals surface area contributed by atoms with Crippen molar-refractivity contribution in [2.75, 3.05) is 5.73 Å². The first-order chi connectivity index (χ1) is 8.78. The van der Waals surface area contributed by atoms with Crippen LogP contribution in [0.2, 0.25) is 0 Å². The van der Waals surface area contributed by atoms with E-state index in [-0.39, 0.29) is 0 Å². The summed E-state index contributed by atoms with van der Waals surface area (Å²) in [5.41, 5.74) is 7.25. The molecule has 2 aromatic heterocycles. The number of benzene rings is 1. The Bertz CT molecular complexity index is 766. The zero-order chi connectivity index (χ0) is 12.5. The van der Waals surface area contributed by atoms with Crippen LogP contribution in [-0.2, 0) is 0 Å². The van der Waals surface area contributed by atoms with E-state index >= 15 is 0 Å². The fourth-order valence-corrected chi connectivity index (χ4v) is 1.84. The van der Waals surface area contributed by atoms with Crippen LogP contribution in [0.5, 0.6) is 0 Å². The third kappa shape index (κ3) is 1.57. The Morgan fingerprint density at radius 1 is 1.22 bits per heavy atom. The Morgan fingerprint density at radius 3 is 2.94 bits per heavy atom. The van der Waals surface area contributed by atoms with E-state index in [9.17, 15) is 0 Å². The number of hydrogen-bond donors (Lipinski definition) is 1. The lowest BCUT2D eigenvalue weighted by atomic mass is 10.2. The summed E-state index contributed by atoms with van der Waals surface area (Å²) in [4.78, 5) is 8.43. The summed E-state index contributed by atoms with van der Waals surface area (Å²) >= 11 is 0. The monoisotopic (exact) mass is 235 g/mol. The van der Waals surface area contributed by atoms with E-state index in [4.69, 9.17) is 11.0 Å². The highest BCUT2D eigenvalue weighted by Crippen LogP contribution is 2.18. The first kappa shape index (κ1) is 10.3. The summed E-state index contributed by atoms with van der Waals surface area (Å²) in [6, 6.07) is 11.3. The molecule has 5 nitrogen and oxygen atoms in total. The minimum absolute atomic E-state index is 0.317. The molecule has 0 atom stereocenters. The molecule has 0 amide bonds. The number of nitrogens with two attached hydrogens (primary N) is 1. The molecular formula is C13H9N5. The predicted octanol–water partition coefficient (Wildman–Crippen LogP) is 1.87. The molecule has 86 valence electrons. The number of nitriles is 1. The van der Waals surface area contributed by atoms with Crippen molar-refractivity contribution >= 4 is 16.6 Å². The van der Waals surface area contributed by atoms with Crippen molar-refractivity contribution in [3.05, 3.63) is 48.5 Å². The maximum Gasteiger partial charge on any atom is 0.218 e. The van der Waals surface area contributed by atoms with Gasteiger partial charge in [-0.15, -0.1) is 0 Å². The van der Waals surface area contributed by atoms with Gasteiger partial charge in [0, 0.05) is 23.5 Å². The Kier molecular flexibility index (Phi) is 2.21. The van der Waals surface area contributed by atoms with E-state index < -0.39 is 0 Å². The number of fused-ring (bicyclic) bond motifs is 1. The molecule has 0 spiro atoms. The van der Waals surface area contributed by atoms with Crippen molar-refractivity contribution in [3.8, 4) is 11.9 Å². The molecule has 2 heterocycles. The molecule has 0 bridgehead atoms. The molecule has 0 aliphatic rings. The highest BCUT2D eigenvalue weighted by Gasteiger charge is 2.05. The van der Waals surface area contributed by atoms with Gasteiger partial charge in [-0.3, -0.25) is 4.57 Å². The average molecular weight is 235 g/mol. The van der Waals surface area contributed by atoms with Crippen molar-refractivity contribution in [3.63, 3.8) is 0 Å². The molecule has 0 aliphatic carbocycles. The van der Waals surface area contributed by atoms with E-state index in [1.54, 1.807) is 23.0 Å². The Balaban J connectivity index is 2.20.